The van der Waals surface area contributed by atoms with Crippen molar-refractivity contribution in [3.63, 3.8) is 0 Å². The van der Waals surface area contributed by atoms with Crippen LogP contribution >= 0.6 is 0 Å². The summed E-state index contributed by atoms with van der Waals surface area (Å²) in [6.07, 6.45) is 1.75. The largest absolute Gasteiger partial charge is 0.352 e. The van der Waals surface area contributed by atoms with E-state index in [0.29, 0.717) is 37.9 Å². The minimum Gasteiger partial charge on any atom is -0.352 e. The molecule has 7 nitrogen and oxygen atoms in total. The number of benzene rings is 1. The third kappa shape index (κ3) is 3.15. The second kappa shape index (κ2) is 6.95. The Hall–Kier alpha value is -3.22. The molecule has 1 aromatic carbocycles. The van der Waals surface area contributed by atoms with Crippen LogP contribution in [-0.4, -0.2) is 52.1 Å². The van der Waals surface area contributed by atoms with Crippen LogP contribution in [0, 0.1) is 6.92 Å². The van der Waals surface area contributed by atoms with Crippen molar-refractivity contribution in [2.75, 3.05) is 31.1 Å². The summed E-state index contributed by atoms with van der Waals surface area (Å²) in [5.74, 6) is 1.93. The van der Waals surface area contributed by atoms with Gasteiger partial charge >= 0.3 is 0 Å². The first-order valence-corrected chi connectivity index (χ1v) is 8.57. The van der Waals surface area contributed by atoms with Crippen LogP contribution in [0.2, 0.25) is 0 Å². The van der Waals surface area contributed by atoms with E-state index in [1.54, 1.807) is 13.1 Å². The molecule has 1 aliphatic heterocycles. The first-order chi connectivity index (χ1) is 12.7. The minimum atomic E-state index is 0.0685. The number of nitrogens with zero attached hydrogens (tertiary/aromatic N) is 5. The van der Waals surface area contributed by atoms with Crippen molar-refractivity contribution in [2.24, 2.45) is 0 Å². The van der Waals surface area contributed by atoms with E-state index in [-0.39, 0.29) is 5.91 Å². The van der Waals surface area contributed by atoms with Gasteiger partial charge in [0.05, 0.1) is 5.56 Å². The number of anilines is 1. The summed E-state index contributed by atoms with van der Waals surface area (Å²) >= 11 is 0. The Morgan fingerprint density at radius 3 is 2.50 bits per heavy atom. The third-order valence-electron chi connectivity index (χ3n) is 4.43. The van der Waals surface area contributed by atoms with E-state index in [9.17, 15) is 4.79 Å². The standard InChI is InChI=1S/C19H19N5O2/c1-14-21-18(26-22-14)16-8-5-9-20-17(16)23-10-12-24(13-11-23)19(25)15-6-3-2-4-7-15/h2-9H,10-13H2,1H3. The number of aryl methyl sites for hydroxylation is 1. The normalized spacial score (nSPS) is 14.5. The molecule has 2 aromatic heterocycles. The van der Waals surface area contributed by atoms with Crippen LogP contribution in [0.4, 0.5) is 5.82 Å². The fraction of sp³-hybridized carbons (Fsp3) is 0.263. The Morgan fingerprint density at radius 2 is 1.81 bits per heavy atom. The molecular weight excluding hydrogens is 330 g/mol. The predicted octanol–water partition coefficient (Wildman–Crippen LogP) is 2.40. The zero-order chi connectivity index (χ0) is 17.9. The van der Waals surface area contributed by atoms with Crippen molar-refractivity contribution < 1.29 is 9.32 Å². The van der Waals surface area contributed by atoms with Gasteiger partial charge in [-0.25, -0.2) is 4.98 Å². The summed E-state index contributed by atoms with van der Waals surface area (Å²) in [7, 11) is 0. The van der Waals surface area contributed by atoms with Gasteiger partial charge < -0.3 is 14.3 Å². The second-order valence-electron chi connectivity index (χ2n) is 6.17. The smallest absolute Gasteiger partial charge is 0.261 e. The number of rotatable bonds is 3. The monoisotopic (exact) mass is 349 g/mol. The van der Waals surface area contributed by atoms with E-state index in [2.05, 4.69) is 20.0 Å². The number of aromatic nitrogens is 3. The number of pyridine rings is 1. The summed E-state index contributed by atoms with van der Waals surface area (Å²) < 4.78 is 5.31. The zero-order valence-electron chi connectivity index (χ0n) is 14.5. The number of hydrogen-bond donors (Lipinski definition) is 0. The molecule has 1 fully saturated rings. The highest BCUT2D eigenvalue weighted by atomic mass is 16.5. The van der Waals surface area contributed by atoms with Gasteiger partial charge in [0.2, 0.25) is 0 Å². The molecule has 0 atom stereocenters. The van der Waals surface area contributed by atoms with Crippen molar-refractivity contribution >= 4 is 11.7 Å². The summed E-state index contributed by atoms with van der Waals surface area (Å²) in [5, 5.41) is 3.86. The lowest BCUT2D eigenvalue weighted by Gasteiger charge is -2.36. The van der Waals surface area contributed by atoms with Gasteiger partial charge in [-0.3, -0.25) is 4.79 Å². The molecule has 0 N–H and O–H groups in total. The van der Waals surface area contributed by atoms with Gasteiger partial charge in [-0.2, -0.15) is 4.98 Å². The maximum atomic E-state index is 12.6. The van der Waals surface area contributed by atoms with Gasteiger partial charge in [-0.05, 0) is 31.2 Å². The van der Waals surface area contributed by atoms with Crippen LogP contribution < -0.4 is 4.90 Å². The lowest BCUT2D eigenvalue weighted by Crippen LogP contribution is -2.49. The van der Waals surface area contributed by atoms with Crippen LogP contribution in [0.1, 0.15) is 16.2 Å². The van der Waals surface area contributed by atoms with E-state index in [1.807, 2.05) is 47.4 Å². The molecule has 0 spiro atoms. The van der Waals surface area contributed by atoms with Crippen molar-refractivity contribution in [1.82, 2.24) is 20.0 Å². The van der Waals surface area contributed by atoms with E-state index in [1.165, 1.54) is 0 Å². The van der Waals surface area contributed by atoms with Crippen molar-refractivity contribution in [2.45, 2.75) is 6.92 Å². The van der Waals surface area contributed by atoms with E-state index in [4.69, 9.17) is 4.52 Å². The third-order valence-corrected chi connectivity index (χ3v) is 4.43. The molecular formula is C19H19N5O2. The van der Waals surface area contributed by atoms with Gasteiger partial charge in [0.1, 0.15) is 5.82 Å². The average Bonchev–Trinajstić information content (AvgIpc) is 3.14. The highest BCUT2D eigenvalue weighted by molar-refractivity contribution is 5.94. The molecule has 4 rings (SSSR count). The van der Waals surface area contributed by atoms with E-state index >= 15 is 0 Å². The van der Waals surface area contributed by atoms with Gasteiger partial charge in [0.15, 0.2) is 5.82 Å². The molecule has 0 radical (unpaired) electrons. The predicted molar refractivity (Wildman–Crippen MR) is 96.8 cm³/mol. The van der Waals surface area contributed by atoms with Gasteiger partial charge in [0.25, 0.3) is 11.8 Å². The molecule has 1 saturated heterocycles. The fourth-order valence-corrected chi connectivity index (χ4v) is 3.11. The van der Waals surface area contributed by atoms with Crippen LogP contribution in [0.3, 0.4) is 0 Å². The summed E-state index contributed by atoms with van der Waals surface area (Å²) in [6.45, 7) is 4.49. The molecule has 0 unspecified atom stereocenters. The summed E-state index contributed by atoms with van der Waals surface area (Å²) in [4.78, 5) is 25.5. The molecule has 132 valence electrons. The van der Waals surface area contributed by atoms with Crippen LogP contribution in [0.15, 0.2) is 53.2 Å². The first kappa shape index (κ1) is 16.3. The number of piperazine rings is 1. The topological polar surface area (TPSA) is 75.4 Å². The fourth-order valence-electron chi connectivity index (χ4n) is 3.11. The average molecular weight is 349 g/mol. The van der Waals surface area contributed by atoms with Crippen LogP contribution in [0.5, 0.6) is 0 Å². The van der Waals surface area contributed by atoms with Crippen LogP contribution in [0.25, 0.3) is 11.5 Å². The number of amides is 1. The quantitative estimate of drug-likeness (QED) is 0.723. The maximum absolute atomic E-state index is 12.6. The number of carbonyl (C=O) groups excluding carboxylic acids is 1. The minimum absolute atomic E-state index is 0.0685. The summed E-state index contributed by atoms with van der Waals surface area (Å²) in [6, 6.07) is 13.2. The molecule has 3 heterocycles. The Bertz CT molecular complexity index is 901. The van der Waals surface area contributed by atoms with Crippen LogP contribution in [-0.2, 0) is 0 Å². The van der Waals surface area contributed by atoms with Gasteiger partial charge in [-0.15, -0.1) is 0 Å². The number of hydrogen-bond acceptors (Lipinski definition) is 6. The highest BCUT2D eigenvalue weighted by Gasteiger charge is 2.25. The maximum Gasteiger partial charge on any atom is 0.261 e. The van der Waals surface area contributed by atoms with E-state index < -0.39 is 0 Å². The zero-order valence-corrected chi connectivity index (χ0v) is 14.5. The number of carbonyl (C=O) groups is 1. The highest BCUT2D eigenvalue weighted by Crippen LogP contribution is 2.28. The van der Waals surface area contributed by atoms with Crippen molar-refractivity contribution in [3.05, 3.63) is 60.0 Å². The molecule has 1 amide bonds. The van der Waals surface area contributed by atoms with E-state index in [0.717, 1.165) is 16.9 Å². The molecule has 3 aromatic rings. The molecule has 0 saturated carbocycles. The lowest BCUT2D eigenvalue weighted by molar-refractivity contribution is 0.0746. The Kier molecular flexibility index (Phi) is 4.35. The molecule has 0 aliphatic carbocycles. The van der Waals surface area contributed by atoms with Gasteiger partial charge in [0, 0.05) is 37.9 Å². The second-order valence-corrected chi connectivity index (χ2v) is 6.17. The Labute approximate surface area is 151 Å². The molecule has 7 heteroatoms. The molecule has 26 heavy (non-hydrogen) atoms. The van der Waals surface area contributed by atoms with Gasteiger partial charge in [-0.1, -0.05) is 23.4 Å². The molecule has 1 aliphatic rings. The van der Waals surface area contributed by atoms with Crippen molar-refractivity contribution in [1.29, 1.82) is 0 Å². The Morgan fingerprint density at radius 1 is 1.04 bits per heavy atom. The molecule has 0 bridgehead atoms. The first-order valence-electron chi connectivity index (χ1n) is 8.57. The SMILES string of the molecule is Cc1noc(-c2cccnc2N2CCN(C(=O)c3ccccc3)CC2)n1. The summed E-state index contributed by atoms with van der Waals surface area (Å²) in [5.41, 5.74) is 1.54. The Balaban J connectivity index is 1.50. The lowest BCUT2D eigenvalue weighted by atomic mass is 10.1. The van der Waals surface area contributed by atoms with Crippen molar-refractivity contribution in [3.8, 4) is 11.5 Å².